The maximum atomic E-state index is 14.4. The molecule has 0 aromatic heterocycles. The minimum absolute atomic E-state index is 0.00923. The lowest BCUT2D eigenvalue weighted by atomic mass is 9.31. The minimum Gasteiger partial charge on any atom is -0.432 e. The van der Waals surface area contributed by atoms with Crippen molar-refractivity contribution in [2.24, 2.45) is 56.7 Å². The molecule has 0 aromatic carbocycles. The van der Waals surface area contributed by atoms with Gasteiger partial charge in [0.05, 0.1) is 24.2 Å². The fourth-order valence-corrected chi connectivity index (χ4v) is 12.8. The van der Waals surface area contributed by atoms with Gasteiger partial charge in [0.15, 0.2) is 0 Å². The van der Waals surface area contributed by atoms with Crippen LogP contribution in [0.2, 0.25) is 0 Å². The number of aliphatic hydroxyl groups excluding tert-OH is 6. The van der Waals surface area contributed by atoms with Crippen molar-refractivity contribution in [3.63, 3.8) is 0 Å². The van der Waals surface area contributed by atoms with Gasteiger partial charge >= 0.3 is 5.97 Å². The molecular formula is C36H58O9. The first kappa shape index (κ1) is 33.8. The van der Waals surface area contributed by atoms with Gasteiger partial charge in [0, 0.05) is 5.41 Å². The monoisotopic (exact) mass is 634 g/mol. The quantitative estimate of drug-likeness (QED) is 0.202. The van der Waals surface area contributed by atoms with Crippen molar-refractivity contribution in [2.75, 3.05) is 6.61 Å². The average Bonchev–Trinajstić information content (AvgIpc) is 3.39. The number of hydrogen-bond donors (Lipinski definition) is 6. The van der Waals surface area contributed by atoms with Crippen LogP contribution in [0.25, 0.3) is 0 Å². The van der Waals surface area contributed by atoms with Gasteiger partial charge in [-0.1, -0.05) is 46.8 Å². The zero-order chi connectivity index (χ0) is 33.1. The van der Waals surface area contributed by atoms with Gasteiger partial charge in [-0.2, -0.15) is 0 Å². The zero-order valence-electron chi connectivity index (χ0n) is 28.1. The first-order valence-corrected chi connectivity index (χ1v) is 17.4. The molecule has 5 aliphatic carbocycles. The molecule has 256 valence electrons. The minimum atomic E-state index is -1.65. The standard InChI is InChI=1S/C36H58O9/c1-18(2)19-10-13-36(31(43)45-30-29(42)28(41)27(40)21(17-37)44-30)15-14-34(6)20(26(19)36)8-9-22-33(5)12-11-24(38)32(3,4)23(33)16-25(39)35(22,34)7/h19-30,37-42H,1,8-17H2,2-7H3/t19-,20-,21+,22+,23-,24-,25-,26-,27+,28-,29+,30-,33+,34+,35-,36-/m0/s1. The first-order valence-electron chi connectivity index (χ1n) is 17.4. The van der Waals surface area contributed by atoms with Gasteiger partial charge in [-0.05, 0) is 111 Å². The van der Waals surface area contributed by atoms with E-state index in [4.69, 9.17) is 9.47 Å². The molecule has 0 spiro atoms. The maximum absolute atomic E-state index is 14.4. The van der Waals surface area contributed by atoms with Crippen LogP contribution in [0.4, 0.5) is 0 Å². The Labute approximate surface area is 268 Å². The summed E-state index contributed by atoms with van der Waals surface area (Å²) in [4.78, 5) is 14.4. The summed E-state index contributed by atoms with van der Waals surface area (Å²) in [7, 11) is 0. The molecule has 16 atom stereocenters. The van der Waals surface area contributed by atoms with Crippen molar-refractivity contribution in [1.82, 2.24) is 0 Å². The Balaban J connectivity index is 1.35. The summed E-state index contributed by atoms with van der Waals surface area (Å²) in [6.07, 6.45) is -1.37. The third-order valence-electron chi connectivity index (χ3n) is 15.6. The Hall–Kier alpha value is -1.07. The van der Waals surface area contributed by atoms with Crippen LogP contribution in [0.15, 0.2) is 12.2 Å². The van der Waals surface area contributed by atoms with Crippen LogP contribution in [-0.4, -0.2) is 86.1 Å². The molecular weight excluding hydrogens is 576 g/mol. The molecule has 6 fully saturated rings. The Morgan fingerprint density at radius 1 is 0.844 bits per heavy atom. The van der Waals surface area contributed by atoms with Crippen molar-refractivity contribution >= 4 is 5.97 Å². The largest absolute Gasteiger partial charge is 0.432 e. The highest BCUT2D eigenvalue weighted by atomic mass is 16.7. The van der Waals surface area contributed by atoms with Crippen LogP contribution in [0.5, 0.6) is 0 Å². The van der Waals surface area contributed by atoms with E-state index < -0.39 is 54.8 Å². The Morgan fingerprint density at radius 3 is 2.18 bits per heavy atom. The second-order valence-corrected chi connectivity index (χ2v) is 17.4. The van der Waals surface area contributed by atoms with Crippen molar-refractivity contribution in [3.8, 4) is 0 Å². The molecule has 9 heteroatoms. The highest BCUT2D eigenvalue weighted by molar-refractivity contribution is 5.78. The predicted octanol–water partition coefficient (Wildman–Crippen LogP) is 3.32. The van der Waals surface area contributed by atoms with E-state index in [-0.39, 0.29) is 57.4 Å². The summed E-state index contributed by atoms with van der Waals surface area (Å²) < 4.78 is 11.5. The van der Waals surface area contributed by atoms with E-state index in [9.17, 15) is 35.4 Å². The molecule has 1 aliphatic heterocycles. The summed E-state index contributed by atoms with van der Waals surface area (Å²) in [6.45, 7) is 17.3. The maximum Gasteiger partial charge on any atom is 0.314 e. The van der Waals surface area contributed by atoms with Crippen LogP contribution < -0.4 is 0 Å². The number of aliphatic hydroxyl groups is 6. The molecule has 1 saturated heterocycles. The summed E-state index contributed by atoms with van der Waals surface area (Å²) in [5.74, 6) is 0.208. The molecule has 0 radical (unpaired) electrons. The second kappa shape index (κ2) is 11.0. The van der Waals surface area contributed by atoms with Crippen molar-refractivity contribution in [1.29, 1.82) is 0 Å². The lowest BCUT2D eigenvalue weighted by Crippen LogP contribution is -2.71. The second-order valence-electron chi connectivity index (χ2n) is 17.4. The summed E-state index contributed by atoms with van der Waals surface area (Å²) in [5, 5.41) is 64.3. The third kappa shape index (κ3) is 4.39. The average molecular weight is 635 g/mol. The van der Waals surface area contributed by atoms with Crippen molar-refractivity contribution < 1.29 is 44.9 Å². The SMILES string of the molecule is C=C(C)[C@@H]1CC[C@]2(C(=O)O[C@@H]3O[C@H](CO)[C@@H](O)[C@H](O)[C@H]3O)CC[C@]3(C)[C@@H](CC[C@@H]4[C@@]5(C)CC[C@H](O)C(C)(C)[C@@H]5C[C@H](O)[C@]43C)[C@H]12. The number of carbonyl (C=O) groups excluding carboxylic acids is 1. The van der Waals surface area contributed by atoms with E-state index in [1.807, 2.05) is 6.92 Å². The van der Waals surface area contributed by atoms with Crippen LogP contribution in [0.1, 0.15) is 99.3 Å². The third-order valence-corrected chi connectivity index (χ3v) is 15.6. The Kier molecular flexibility index (Phi) is 8.25. The van der Waals surface area contributed by atoms with Crippen LogP contribution in [0, 0.1) is 56.7 Å². The van der Waals surface area contributed by atoms with E-state index >= 15 is 0 Å². The number of ether oxygens (including phenoxy) is 2. The van der Waals surface area contributed by atoms with E-state index in [0.717, 1.165) is 44.1 Å². The molecule has 6 N–H and O–H groups in total. The van der Waals surface area contributed by atoms with E-state index in [2.05, 4.69) is 41.2 Å². The van der Waals surface area contributed by atoms with Gasteiger partial charge < -0.3 is 40.1 Å². The van der Waals surface area contributed by atoms with E-state index in [0.29, 0.717) is 19.3 Å². The number of allylic oxidation sites excluding steroid dienone is 1. The number of esters is 1. The normalized spacial score (nSPS) is 55.5. The Morgan fingerprint density at radius 2 is 1.53 bits per heavy atom. The summed E-state index contributed by atoms with van der Waals surface area (Å²) in [6, 6.07) is 0. The fourth-order valence-electron chi connectivity index (χ4n) is 12.8. The van der Waals surface area contributed by atoms with Crippen LogP contribution >= 0.6 is 0 Å². The number of carbonyl (C=O) groups is 1. The van der Waals surface area contributed by atoms with Crippen LogP contribution in [-0.2, 0) is 14.3 Å². The van der Waals surface area contributed by atoms with Crippen molar-refractivity contribution in [3.05, 3.63) is 12.2 Å². The highest BCUT2D eigenvalue weighted by Gasteiger charge is 2.74. The molecule has 6 aliphatic rings. The van der Waals surface area contributed by atoms with Gasteiger partial charge in [0.1, 0.15) is 24.4 Å². The summed E-state index contributed by atoms with van der Waals surface area (Å²) in [5.41, 5.74) is -0.713. The molecule has 5 saturated carbocycles. The molecule has 45 heavy (non-hydrogen) atoms. The lowest BCUT2D eigenvalue weighted by Gasteiger charge is -2.73. The number of fused-ring (bicyclic) bond motifs is 7. The number of rotatable bonds is 4. The molecule has 0 unspecified atom stereocenters. The van der Waals surface area contributed by atoms with Gasteiger partial charge in [-0.15, -0.1) is 0 Å². The Bertz CT molecular complexity index is 1190. The zero-order valence-corrected chi connectivity index (χ0v) is 28.1. The molecule has 0 amide bonds. The molecule has 0 aromatic rings. The van der Waals surface area contributed by atoms with Gasteiger partial charge in [0.25, 0.3) is 0 Å². The highest BCUT2D eigenvalue weighted by Crippen LogP contribution is 2.77. The van der Waals surface area contributed by atoms with Gasteiger partial charge in [-0.25, -0.2) is 0 Å². The number of hydrogen-bond acceptors (Lipinski definition) is 9. The predicted molar refractivity (Wildman–Crippen MR) is 166 cm³/mol. The smallest absolute Gasteiger partial charge is 0.314 e. The topological polar surface area (TPSA) is 157 Å². The summed E-state index contributed by atoms with van der Waals surface area (Å²) >= 11 is 0. The fraction of sp³-hybridized carbons (Fsp3) is 0.917. The van der Waals surface area contributed by atoms with Crippen molar-refractivity contribution in [2.45, 2.75) is 142 Å². The van der Waals surface area contributed by atoms with Crippen LogP contribution in [0.3, 0.4) is 0 Å². The molecule has 6 rings (SSSR count). The molecule has 0 bridgehead atoms. The van der Waals surface area contributed by atoms with Gasteiger partial charge in [-0.3, -0.25) is 4.79 Å². The lowest BCUT2D eigenvalue weighted by molar-refractivity contribution is -0.302. The van der Waals surface area contributed by atoms with Gasteiger partial charge in [0.2, 0.25) is 6.29 Å². The molecule has 1 heterocycles. The van der Waals surface area contributed by atoms with E-state index in [1.165, 1.54) is 0 Å². The molecule has 9 nitrogen and oxygen atoms in total. The first-order chi connectivity index (χ1) is 20.9. The van der Waals surface area contributed by atoms with E-state index in [1.54, 1.807) is 0 Å².